The highest BCUT2D eigenvalue weighted by molar-refractivity contribution is 5.75. The molecule has 1 aromatic rings. The van der Waals surface area contributed by atoms with Crippen molar-refractivity contribution in [3.63, 3.8) is 0 Å². The summed E-state index contributed by atoms with van der Waals surface area (Å²) in [7, 11) is 0. The van der Waals surface area contributed by atoms with Crippen LogP contribution in [0, 0.1) is 5.41 Å². The largest absolute Gasteiger partial charge is 0.479 e. The number of nitrogens with one attached hydrogen (secondary N) is 1. The van der Waals surface area contributed by atoms with Crippen molar-refractivity contribution in [3.05, 3.63) is 23.8 Å². The third kappa shape index (κ3) is 6.55. The minimum absolute atomic E-state index is 0.0315. The van der Waals surface area contributed by atoms with Crippen LogP contribution in [-0.4, -0.2) is 68.6 Å². The fourth-order valence-electron chi connectivity index (χ4n) is 2.91. The van der Waals surface area contributed by atoms with E-state index in [-0.39, 0.29) is 18.3 Å². The quantitative estimate of drug-likeness (QED) is 0.396. The molecule has 0 amide bonds. The number of carboxylic acids is 1. The monoisotopic (exact) mass is 455 g/mol. The molecule has 5 N–H and O–H groups in total. The summed E-state index contributed by atoms with van der Waals surface area (Å²) in [5.41, 5.74) is 0.107. The molecule has 1 fully saturated rings. The highest BCUT2D eigenvalue weighted by Gasteiger charge is 2.48. The summed E-state index contributed by atoms with van der Waals surface area (Å²) < 4.78 is 16.3. The number of hydrogen-bond acceptors (Lipinski definition) is 9. The number of aliphatic hydroxyl groups excluding tert-OH is 3. The van der Waals surface area contributed by atoms with Gasteiger partial charge in [-0.3, -0.25) is 4.79 Å². The van der Waals surface area contributed by atoms with Gasteiger partial charge in [-0.25, -0.2) is 4.79 Å². The van der Waals surface area contributed by atoms with E-state index in [1.54, 1.807) is 39.0 Å². The number of hydrogen-bond donors (Lipinski definition) is 5. The minimum atomic E-state index is -1.81. The normalized spacial score (nSPS) is 26.3. The molecule has 0 aromatic heterocycles. The van der Waals surface area contributed by atoms with E-state index in [1.165, 1.54) is 0 Å². The van der Waals surface area contributed by atoms with Gasteiger partial charge in [0.2, 0.25) is 6.29 Å². The van der Waals surface area contributed by atoms with Gasteiger partial charge in [0.25, 0.3) is 0 Å². The maximum Gasteiger partial charge on any atom is 0.335 e. The van der Waals surface area contributed by atoms with Gasteiger partial charge in [-0.2, -0.15) is 0 Å². The Bertz CT molecular complexity index is 828. The van der Waals surface area contributed by atoms with Crippen molar-refractivity contribution in [2.45, 2.75) is 84.4 Å². The maximum atomic E-state index is 12.1. The lowest BCUT2D eigenvalue weighted by Crippen LogP contribution is -2.61. The fourth-order valence-corrected chi connectivity index (χ4v) is 2.91. The van der Waals surface area contributed by atoms with Crippen LogP contribution in [0.2, 0.25) is 0 Å². The van der Waals surface area contributed by atoms with Crippen LogP contribution in [0.1, 0.15) is 47.1 Å². The first-order chi connectivity index (χ1) is 14.6. The molecule has 10 nitrogen and oxygen atoms in total. The highest BCUT2D eigenvalue weighted by atomic mass is 16.7. The van der Waals surface area contributed by atoms with Gasteiger partial charge < -0.3 is 40.0 Å². The summed E-state index contributed by atoms with van der Waals surface area (Å²) >= 11 is 0. The summed E-state index contributed by atoms with van der Waals surface area (Å²) in [6, 6.07) is 4.90. The van der Waals surface area contributed by atoms with Crippen molar-refractivity contribution in [1.29, 1.82) is 0 Å². The van der Waals surface area contributed by atoms with Crippen LogP contribution < -0.4 is 10.1 Å². The molecule has 1 aliphatic rings. The molecule has 1 aromatic carbocycles. The molecular weight excluding hydrogens is 422 g/mol. The number of aliphatic carboxylic acids is 1. The minimum Gasteiger partial charge on any atom is -0.479 e. The Morgan fingerprint density at radius 2 is 1.66 bits per heavy atom. The van der Waals surface area contributed by atoms with Crippen LogP contribution >= 0.6 is 0 Å². The number of carbonyl (C=O) groups is 2. The number of rotatable bonds is 6. The third-order valence-corrected chi connectivity index (χ3v) is 4.59. The molecule has 1 heterocycles. The van der Waals surface area contributed by atoms with Gasteiger partial charge in [0.05, 0.1) is 11.1 Å². The number of anilines is 1. The van der Waals surface area contributed by atoms with Crippen LogP contribution in [0.5, 0.6) is 5.75 Å². The maximum absolute atomic E-state index is 12.1. The summed E-state index contributed by atoms with van der Waals surface area (Å²) in [5, 5.41) is 42.5. The molecule has 2 rings (SSSR count). The summed E-state index contributed by atoms with van der Waals surface area (Å²) in [5.74, 6) is -1.64. The standard InChI is InChI=1S/C22H33NO9/c1-21(2,3)20(29)30-10-11-7-8-13(12(9-11)23-22(4,5)6)31-19-16(26)14(24)15(25)17(32-19)18(27)28/h7-9,14-17,19,23-26H,10H2,1-6H3,(H,27,28)/t14-,15-,16+,17-,19-/m0/s1. The molecule has 0 bridgehead atoms. The van der Waals surface area contributed by atoms with E-state index < -0.39 is 47.6 Å². The first kappa shape index (κ1) is 25.9. The van der Waals surface area contributed by atoms with Gasteiger partial charge >= 0.3 is 11.9 Å². The predicted octanol–water partition coefficient (Wildman–Crippen LogP) is 1.26. The average Bonchev–Trinajstić information content (AvgIpc) is 2.65. The van der Waals surface area contributed by atoms with Gasteiger partial charge in [-0.1, -0.05) is 6.07 Å². The van der Waals surface area contributed by atoms with Crippen LogP contribution in [-0.2, 0) is 25.7 Å². The number of carboxylic acid groups (broad SMARTS) is 1. The molecule has 0 aliphatic carbocycles. The van der Waals surface area contributed by atoms with E-state index in [0.29, 0.717) is 11.3 Å². The van der Waals surface area contributed by atoms with Gasteiger partial charge in [-0.05, 0) is 59.2 Å². The van der Waals surface area contributed by atoms with E-state index >= 15 is 0 Å². The number of benzene rings is 1. The van der Waals surface area contributed by atoms with E-state index in [4.69, 9.17) is 14.2 Å². The Hall–Kier alpha value is -2.40. The van der Waals surface area contributed by atoms with Crippen molar-refractivity contribution in [2.75, 3.05) is 5.32 Å². The molecule has 10 heteroatoms. The third-order valence-electron chi connectivity index (χ3n) is 4.59. The van der Waals surface area contributed by atoms with Crippen LogP contribution in [0.15, 0.2) is 18.2 Å². The molecule has 5 atom stereocenters. The molecule has 0 unspecified atom stereocenters. The molecule has 32 heavy (non-hydrogen) atoms. The summed E-state index contributed by atoms with van der Waals surface area (Å²) in [6.07, 6.45) is -8.58. The van der Waals surface area contributed by atoms with Gasteiger partial charge in [0.1, 0.15) is 30.7 Å². The number of aliphatic hydroxyl groups is 3. The van der Waals surface area contributed by atoms with E-state index in [9.17, 15) is 30.0 Å². The second-order valence-corrected chi connectivity index (χ2v) is 9.88. The molecule has 0 saturated carbocycles. The van der Waals surface area contributed by atoms with Gasteiger partial charge in [-0.15, -0.1) is 0 Å². The van der Waals surface area contributed by atoms with Crippen molar-refractivity contribution in [1.82, 2.24) is 0 Å². The molecule has 1 saturated heterocycles. The Morgan fingerprint density at radius 1 is 1.03 bits per heavy atom. The number of carbonyl (C=O) groups excluding carboxylic acids is 1. The number of esters is 1. The summed E-state index contributed by atoms with van der Waals surface area (Å²) in [6.45, 7) is 11.0. The van der Waals surface area contributed by atoms with Gasteiger partial charge in [0.15, 0.2) is 6.10 Å². The lowest BCUT2D eigenvalue weighted by Gasteiger charge is -2.38. The molecular formula is C22H33NO9. The molecule has 180 valence electrons. The van der Waals surface area contributed by atoms with Crippen molar-refractivity contribution < 1.29 is 44.2 Å². The van der Waals surface area contributed by atoms with Crippen molar-refractivity contribution >= 4 is 17.6 Å². The Morgan fingerprint density at radius 3 is 2.19 bits per heavy atom. The SMILES string of the molecule is CC(C)(C)Nc1cc(COC(=O)C(C)(C)C)ccc1O[C@H]1O[C@H](C(=O)O)[C@@H](O)[C@H](O)[C@H]1O. The van der Waals surface area contributed by atoms with E-state index in [2.05, 4.69) is 5.32 Å². The average molecular weight is 456 g/mol. The van der Waals surface area contributed by atoms with Crippen LogP contribution in [0.3, 0.4) is 0 Å². The first-order valence-corrected chi connectivity index (χ1v) is 10.3. The van der Waals surface area contributed by atoms with Gasteiger partial charge in [0, 0.05) is 5.54 Å². The van der Waals surface area contributed by atoms with E-state index in [0.717, 1.165) is 0 Å². The zero-order chi connectivity index (χ0) is 24.4. The predicted molar refractivity (Wildman–Crippen MR) is 114 cm³/mol. The van der Waals surface area contributed by atoms with E-state index in [1.807, 2.05) is 20.8 Å². The first-order valence-electron chi connectivity index (χ1n) is 10.3. The van der Waals surface area contributed by atoms with Crippen molar-refractivity contribution in [3.8, 4) is 5.75 Å². The topological polar surface area (TPSA) is 155 Å². The zero-order valence-electron chi connectivity index (χ0n) is 19.2. The summed E-state index contributed by atoms with van der Waals surface area (Å²) in [4.78, 5) is 23.4. The smallest absolute Gasteiger partial charge is 0.335 e. The molecule has 0 spiro atoms. The zero-order valence-corrected chi connectivity index (χ0v) is 19.2. The van der Waals surface area contributed by atoms with Crippen LogP contribution in [0.4, 0.5) is 5.69 Å². The van der Waals surface area contributed by atoms with Crippen LogP contribution in [0.25, 0.3) is 0 Å². The second kappa shape index (κ2) is 9.62. The highest BCUT2D eigenvalue weighted by Crippen LogP contribution is 2.32. The Kier molecular flexibility index (Phi) is 7.77. The lowest BCUT2D eigenvalue weighted by molar-refractivity contribution is -0.271. The van der Waals surface area contributed by atoms with Crippen molar-refractivity contribution in [2.24, 2.45) is 5.41 Å². The second-order valence-electron chi connectivity index (χ2n) is 9.88. The Balaban J connectivity index is 2.27. The fraction of sp³-hybridized carbons (Fsp3) is 0.636. The molecule has 0 radical (unpaired) electrons. The lowest BCUT2D eigenvalue weighted by atomic mass is 9.97. The molecule has 1 aliphatic heterocycles. The number of ether oxygens (including phenoxy) is 3. The Labute approximate surface area is 187 Å².